The Morgan fingerprint density at radius 2 is 1.97 bits per heavy atom. The third-order valence-corrected chi connectivity index (χ3v) is 4.25. The summed E-state index contributed by atoms with van der Waals surface area (Å²) in [6.45, 7) is 0. The Morgan fingerprint density at radius 3 is 2.69 bits per heavy atom. The number of furan rings is 1. The minimum absolute atomic E-state index is 0.101. The van der Waals surface area contributed by atoms with Crippen LogP contribution in [0.15, 0.2) is 71.3 Å². The highest BCUT2D eigenvalue weighted by atomic mass is 35.5. The van der Waals surface area contributed by atoms with Crippen molar-refractivity contribution in [1.29, 1.82) is 0 Å². The molecular formula is C20H13ClFN5O2. The lowest BCUT2D eigenvalue weighted by molar-refractivity contribution is -0.111. The number of carbonyl (C=O) groups is 1. The van der Waals surface area contributed by atoms with E-state index in [0.29, 0.717) is 17.3 Å². The van der Waals surface area contributed by atoms with E-state index in [1.807, 2.05) is 30.3 Å². The van der Waals surface area contributed by atoms with Crippen molar-refractivity contribution in [2.45, 2.75) is 0 Å². The van der Waals surface area contributed by atoms with Gasteiger partial charge in [0.15, 0.2) is 5.82 Å². The minimum Gasteiger partial charge on any atom is -0.465 e. The number of tetrazole rings is 1. The molecule has 7 nitrogen and oxygen atoms in total. The number of hydrogen-bond acceptors (Lipinski definition) is 5. The highest BCUT2D eigenvalue weighted by Crippen LogP contribution is 2.23. The Hall–Kier alpha value is -3.78. The zero-order chi connectivity index (χ0) is 20.2. The van der Waals surface area contributed by atoms with Crippen LogP contribution in [0.25, 0.3) is 23.2 Å². The first kappa shape index (κ1) is 18.6. The molecule has 0 unspecified atom stereocenters. The molecule has 4 aromatic rings. The van der Waals surface area contributed by atoms with Crippen molar-refractivity contribution < 1.29 is 13.6 Å². The molecule has 29 heavy (non-hydrogen) atoms. The van der Waals surface area contributed by atoms with Gasteiger partial charge < -0.3 is 9.73 Å². The molecule has 2 aromatic heterocycles. The molecule has 0 aliphatic rings. The van der Waals surface area contributed by atoms with Crippen LogP contribution in [0, 0.1) is 5.82 Å². The molecule has 2 heterocycles. The predicted molar refractivity (Wildman–Crippen MR) is 106 cm³/mol. The molecule has 0 aliphatic heterocycles. The summed E-state index contributed by atoms with van der Waals surface area (Å²) in [5, 5.41) is 14.3. The lowest BCUT2D eigenvalue weighted by Gasteiger charge is -2.11. The number of amides is 1. The minimum atomic E-state index is -0.581. The lowest BCUT2D eigenvalue weighted by Crippen LogP contribution is -2.19. The summed E-state index contributed by atoms with van der Waals surface area (Å²) in [5.74, 6) is -0.311. The predicted octanol–water partition coefficient (Wildman–Crippen LogP) is 4.36. The average molecular weight is 410 g/mol. The number of halogens is 2. The Labute approximate surface area is 169 Å². The molecule has 0 saturated heterocycles. The third-order valence-electron chi connectivity index (χ3n) is 3.96. The van der Waals surface area contributed by atoms with Crippen molar-refractivity contribution in [2.75, 3.05) is 5.32 Å². The number of benzene rings is 2. The van der Waals surface area contributed by atoms with E-state index in [1.54, 1.807) is 12.1 Å². The zero-order valence-electron chi connectivity index (χ0n) is 14.8. The van der Waals surface area contributed by atoms with Gasteiger partial charge in [0.25, 0.3) is 5.91 Å². The molecule has 4 rings (SSSR count). The molecule has 0 spiro atoms. The Kier molecular flexibility index (Phi) is 5.17. The first-order valence-corrected chi connectivity index (χ1v) is 8.85. The largest absolute Gasteiger partial charge is 0.465 e. The van der Waals surface area contributed by atoms with Gasteiger partial charge in [-0.05, 0) is 40.8 Å². The second-order valence-corrected chi connectivity index (χ2v) is 6.32. The summed E-state index contributed by atoms with van der Waals surface area (Å²) in [7, 11) is 0. The maximum Gasteiger partial charge on any atom is 0.274 e. The van der Waals surface area contributed by atoms with Gasteiger partial charge in [-0.3, -0.25) is 4.79 Å². The molecule has 0 atom stereocenters. The van der Waals surface area contributed by atoms with E-state index in [-0.39, 0.29) is 10.7 Å². The number of hydrogen-bond donors (Lipinski definition) is 1. The summed E-state index contributed by atoms with van der Waals surface area (Å²) in [4.78, 5) is 13.0. The van der Waals surface area contributed by atoms with Gasteiger partial charge in [0, 0.05) is 17.3 Å². The molecule has 0 bridgehead atoms. The Bertz CT molecular complexity index is 1170. The molecule has 0 saturated carbocycles. The standard InChI is InChI=1S/C20H13ClFN5O2/c21-16-11-14(8-9-17(16)22)23-20(28)18(12-15-7-4-10-29-15)27-19(24-25-26-27)13-5-2-1-3-6-13/h1-12H,(H,23,28)/b18-12+. The molecule has 1 N–H and O–H groups in total. The van der Waals surface area contributed by atoms with Gasteiger partial charge in [-0.15, -0.1) is 5.10 Å². The van der Waals surface area contributed by atoms with Crippen LogP contribution in [0.5, 0.6) is 0 Å². The first-order chi connectivity index (χ1) is 14.1. The van der Waals surface area contributed by atoms with Crippen molar-refractivity contribution in [1.82, 2.24) is 20.2 Å². The number of carbonyl (C=O) groups excluding carboxylic acids is 1. The quantitative estimate of drug-likeness (QED) is 0.495. The summed E-state index contributed by atoms with van der Waals surface area (Å²) >= 11 is 5.80. The number of nitrogens with one attached hydrogen (secondary N) is 1. The van der Waals surface area contributed by atoms with Crippen molar-refractivity contribution in [3.8, 4) is 11.4 Å². The highest BCUT2D eigenvalue weighted by Gasteiger charge is 2.20. The van der Waals surface area contributed by atoms with Crippen molar-refractivity contribution in [3.05, 3.63) is 83.5 Å². The van der Waals surface area contributed by atoms with Gasteiger partial charge in [0.05, 0.1) is 11.3 Å². The third kappa shape index (κ3) is 4.07. The molecule has 9 heteroatoms. The fourth-order valence-electron chi connectivity index (χ4n) is 2.62. The van der Waals surface area contributed by atoms with Crippen LogP contribution in [0.2, 0.25) is 5.02 Å². The van der Waals surface area contributed by atoms with Gasteiger partial charge in [-0.25, -0.2) is 4.39 Å². The van der Waals surface area contributed by atoms with Crippen molar-refractivity contribution >= 4 is 35.0 Å². The molecule has 0 fully saturated rings. The zero-order valence-corrected chi connectivity index (χ0v) is 15.5. The van der Waals surface area contributed by atoms with Crippen LogP contribution in [-0.4, -0.2) is 26.1 Å². The number of anilines is 1. The maximum atomic E-state index is 13.4. The van der Waals surface area contributed by atoms with E-state index >= 15 is 0 Å². The lowest BCUT2D eigenvalue weighted by atomic mass is 10.2. The molecule has 144 valence electrons. The fourth-order valence-corrected chi connectivity index (χ4v) is 2.80. The van der Waals surface area contributed by atoms with Crippen LogP contribution < -0.4 is 5.32 Å². The fraction of sp³-hybridized carbons (Fsp3) is 0. The van der Waals surface area contributed by atoms with Crippen molar-refractivity contribution in [3.63, 3.8) is 0 Å². The van der Waals surface area contributed by atoms with E-state index < -0.39 is 11.7 Å². The second-order valence-electron chi connectivity index (χ2n) is 5.91. The van der Waals surface area contributed by atoms with Crippen LogP contribution in [0.3, 0.4) is 0 Å². The monoisotopic (exact) mass is 409 g/mol. The SMILES string of the molecule is O=C(Nc1ccc(F)c(Cl)c1)/C(=C\c1ccco1)n1nnnc1-c1ccccc1. The number of aromatic nitrogens is 4. The van der Waals surface area contributed by atoms with Crippen LogP contribution in [0.1, 0.15) is 5.76 Å². The van der Waals surface area contributed by atoms with Crippen LogP contribution >= 0.6 is 11.6 Å². The van der Waals surface area contributed by atoms with E-state index in [1.165, 1.54) is 35.2 Å². The van der Waals surface area contributed by atoms with E-state index in [0.717, 1.165) is 5.56 Å². The van der Waals surface area contributed by atoms with Crippen molar-refractivity contribution in [2.24, 2.45) is 0 Å². The number of rotatable bonds is 5. The Balaban J connectivity index is 1.75. The smallest absolute Gasteiger partial charge is 0.274 e. The van der Waals surface area contributed by atoms with Gasteiger partial charge in [0.1, 0.15) is 17.3 Å². The van der Waals surface area contributed by atoms with Gasteiger partial charge in [-0.1, -0.05) is 41.9 Å². The van der Waals surface area contributed by atoms with Crippen LogP contribution in [-0.2, 0) is 4.79 Å². The van der Waals surface area contributed by atoms with E-state index in [9.17, 15) is 9.18 Å². The summed E-state index contributed by atoms with van der Waals surface area (Å²) in [6.07, 6.45) is 2.99. The second kappa shape index (κ2) is 8.07. The maximum absolute atomic E-state index is 13.4. The van der Waals surface area contributed by atoms with E-state index in [4.69, 9.17) is 16.0 Å². The Morgan fingerprint density at radius 1 is 1.14 bits per heavy atom. The number of nitrogens with zero attached hydrogens (tertiary/aromatic N) is 4. The summed E-state index contributed by atoms with van der Waals surface area (Å²) in [6, 6.07) is 16.5. The molecule has 1 amide bonds. The average Bonchev–Trinajstić information content (AvgIpc) is 3.41. The summed E-state index contributed by atoms with van der Waals surface area (Å²) < 4.78 is 20.0. The molecule has 2 aromatic carbocycles. The van der Waals surface area contributed by atoms with Gasteiger partial charge in [-0.2, -0.15) is 4.68 Å². The normalized spacial score (nSPS) is 11.4. The highest BCUT2D eigenvalue weighted by molar-refractivity contribution is 6.31. The first-order valence-electron chi connectivity index (χ1n) is 8.47. The summed E-state index contributed by atoms with van der Waals surface area (Å²) in [5.41, 5.74) is 1.14. The van der Waals surface area contributed by atoms with Gasteiger partial charge in [0.2, 0.25) is 0 Å². The molecule has 0 aliphatic carbocycles. The molecular weight excluding hydrogens is 397 g/mol. The van der Waals surface area contributed by atoms with Crippen LogP contribution in [0.4, 0.5) is 10.1 Å². The van der Waals surface area contributed by atoms with Gasteiger partial charge >= 0.3 is 0 Å². The molecule has 0 radical (unpaired) electrons. The topological polar surface area (TPSA) is 85.8 Å². The van der Waals surface area contributed by atoms with E-state index in [2.05, 4.69) is 20.8 Å².